The van der Waals surface area contributed by atoms with E-state index in [0.29, 0.717) is 22.1 Å². The molecular weight excluding hydrogens is 314 g/mol. The van der Waals surface area contributed by atoms with Gasteiger partial charge in [0.15, 0.2) is 11.5 Å². The van der Waals surface area contributed by atoms with E-state index in [1.165, 1.54) is 0 Å². The van der Waals surface area contributed by atoms with E-state index in [1.54, 1.807) is 32.4 Å². The first-order valence-corrected chi connectivity index (χ1v) is 7.75. The zero-order valence-electron chi connectivity index (χ0n) is 13.4. The maximum Gasteiger partial charge on any atom is 0.251 e. The Morgan fingerprint density at radius 3 is 2.48 bits per heavy atom. The third-order valence-electron chi connectivity index (χ3n) is 3.61. The van der Waals surface area contributed by atoms with Gasteiger partial charge in [-0.15, -0.1) is 0 Å². The highest BCUT2D eigenvalue weighted by molar-refractivity contribution is 6.30. The normalized spacial score (nSPS) is 11.7. The summed E-state index contributed by atoms with van der Waals surface area (Å²) >= 11 is 6.03. The van der Waals surface area contributed by atoms with Crippen LogP contribution in [0.4, 0.5) is 0 Å². The smallest absolute Gasteiger partial charge is 0.251 e. The van der Waals surface area contributed by atoms with Crippen molar-refractivity contribution in [1.29, 1.82) is 0 Å². The molecule has 0 saturated heterocycles. The average Bonchev–Trinajstić information content (AvgIpc) is 2.58. The van der Waals surface area contributed by atoms with Gasteiger partial charge >= 0.3 is 0 Å². The van der Waals surface area contributed by atoms with Gasteiger partial charge in [-0.05, 0) is 42.3 Å². The molecule has 4 nitrogen and oxygen atoms in total. The SMILES string of the molecule is CCC(NC(=O)c1ccc(OC)c(OC)c1)c1cccc(Cl)c1. The number of carbonyl (C=O) groups excluding carboxylic acids is 1. The fourth-order valence-electron chi connectivity index (χ4n) is 2.36. The summed E-state index contributed by atoms with van der Waals surface area (Å²) in [5, 5.41) is 3.68. The summed E-state index contributed by atoms with van der Waals surface area (Å²) in [4.78, 5) is 12.5. The molecule has 0 aliphatic rings. The molecule has 1 amide bonds. The topological polar surface area (TPSA) is 47.6 Å². The van der Waals surface area contributed by atoms with Crippen LogP contribution in [-0.2, 0) is 0 Å². The predicted octanol–water partition coefficient (Wildman–Crippen LogP) is 4.24. The van der Waals surface area contributed by atoms with Crippen molar-refractivity contribution in [1.82, 2.24) is 5.32 Å². The summed E-state index contributed by atoms with van der Waals surface area (Å²) in [6, 6.07) is 12.5. The molecule has 0 radical (unpaired) electrons. The summed E-state index contributed by atoms with van der Waals surface area (Å²) in [6.07, 6.45) is 0.763. The minimum Gasteiger partial charge on any atom is -0.493 e. The first-order valence-electron chi connectivity index (χ1n) is 7.37. The molecule has 0 saturated carbocycles. The number of hydrogen-bond donors (Lipinski definition) is 1. The number of rotatable bonds is 6. The van der Waals surface area contributed by atoms with Crippen LogP contribution >= 0.6 is 11.6 Å². The second-order valence-corrected chi connectivity index (χ2v) is 5.50. The maximum absolute atomic E-state index is 12.5. The molecule has 0 fully saturated rings. The summed E-state index contributed by atoms with van der Waals surface area (Å²) < 4.78 is 10.4. The second kappa shape index (κ2) is 7.88. The van der Waals surface area contributed by atoms with Crippen molar-refractivity contribution < 1.29 is 14.3 Å². The highest BCUT2D eigenvalue weighted by Gasteiger charge is 2.16. The van der Waals surface area contributed by atoms with Crippen LogP contribution in [0.15, 0.2) is 42.5 Å². The Balaban J connectivity index is 2.20. The van der Waals surface area contributed by atoms with E-state index < -0.39 is 0 Å². The quantitative estimate of drug-likeness (QED) is 0.860. The van der Waals surface area contributed by atoms with Gasteiger partial charge in [0.05, 0.1) is 20.3 Å². The second-order valence-electron chi connectivity index (χ2n) is 5.06. The highest BCUT2D eigenvalue weighted by Crippen LogP contribution is 2.28. The molecule has 2 aromatic carbocycles. The number of methoxy groups -OCH3 is 2. The molecule has 0 heterocycles. The van der Waals surface area contributed by atoms with E-state index in [4.69, 9.17) is 21.1 Å². The van der Waals surface area contributed by atoms with Crippen molar-refractivity contribution >= 4 is 17.5 Å². The van der Waals surface area contributed by atoms with E-state index >= 15 is 0 Å². The fourth-order valence-corrected chi connectivity index (χ4v) is 2.56. The molecule has 1 unspecified atom stereocenters. The molecule has 0 aliphatic heterocycles. The molecule has 122 valence electrons. The van der Waals surface area contributed by atoms with Crippen molar-refractivity contribution in [2.24, 2.45) is 0 Å². The van der Waals surface area contributed by atoms with Gasteiger partial charge in [0.2, 0.25) is 0 Å². The maximum atomic E-state index is 12.5. The van der Waals surface area contributed by atoms with E-state index in [1.807, 2.05) is 31.2 Å². The van der Waals surface area contributed by atoms with Crippen LogP contribution in [0.5, 0.6) is 11.5 Å². The lowest BCUT2D eigenvalue weighted by Gasteiger charge is -2.18. The van der Waals surface area contributed by atoms with Gasteiger partial charge in [0.25, 0.3) is 5.91 Å². The minimum absolute atomic E-state index is 0.103. The van der Waals surface area contributed by atoms with Crippen LogP contribution in [0.3, 0.4) is 0 Å². The number of carbonyl (C=O) groups is 1. The van der Waals surface area contributed by atoms with E-state index in [2.05, 4.69) is 5.32 Å². The van der Waals surface area contributed by atoms with Crippen LogP contribution in [0.1, 0.15) is 35.3 Å². The number of amides is 1. The standard InChI is InChI=1S/C18H20ClNO3/c1-4-15(12-6-5-7-14(19)10-12)20-18(21)13-8-9-16(22-2)17(11-13)23-3/h5-11,15H,4H2,1-3H3,(H,20,21). The molecule has 0 bridgehead atoms. The average molecular weight is 334 g/mol. The Bertz CT molecular complexity index is 688. The Morgan fingerprint density at radius 2 is 1.87 bits per heavy atom. The van der Waals surface area contributed by atoms with Crippen LogP contribution in [-0.4, -0.2) is 20.1 Å². The monoisotopic (exact) mass is 333 g/mol. The molecule has 1 atom stereocenters. The number of nitrogens with one attached hydrogen (secondary N) is 1. The summed E-state index contributed by atoms with van der Waals surface area (Å²) in [5.41, 5.74) is 1.50. The Morgan fingerprint density at radius 1 is 1.13 bits per heavy atom. The third-order valence-corrected chi connectivity index (χ3v) is 3.85. The Hall–Kier alpha value is -2.20. The molecular formula is C18H20ClNO3. The molecule has 23 heavy (non-hydrogen) atoms. The van der Waals surface area contributed by atoms with Crippen LogP contribution in [0.25, 0.3) is 0 Å². The zero-order valence-corrected chi connectivity index (χ0v) is 14.2. The minimum atomic E-state index is -0.169. The molecule has 0 aliphatic carbocycles. The van der Waals surface area contributed by atoms with Gasteiger partial charge in [0, 0.05) is 10.6 Å². The van der Waals surface area contributed by atoms with Crippen molar-refractivity contribution in [2.75, 3.05) is 14.2 Å². The van der Waals surface area contributed by atoms with E-state index in [0.717, 1.165) is 12.0 Å². The van der Waals surface area contributed by atoms with Gasteiger partial charge in [-0.25, -0.2) is 0 Å². The Labute approximate surface area is 141 Å². The van der Waals surface area contributed by atoms with Gasteiger partial charge in [0.1, 0.15) is 0 Å². The van der Waals surface area contributed by atoms with Crippen LogP contribution < -0.4 is 14.8 Å². The van der Waals surface area contributed by atoms with Crippen molar-refractivity contribution in [3.8, 4) is 11.5 Å². The van der Waals surface area contributed by atoms with Crippen LogP contribution in [0, 0.1) is 0 Å². The molecule has 0 spiro atoms. The molecule has 5 heteroatoms. The van der Waals surface area contributed by atoms with E-state index in [9.17, 15) is 4.79 Å². The van der Waals surface area contributed by atoms with Crippen molar-refractivity contribution in [2.45, 2.75) is 19.4 Å². The number of benzene rings is 2. The molecule has 2 rings (SSSR count). The number of hydrogen-bond acceptors (Lipinski definition) is 3. The van der Waals surface area contributed by atoms with E-state index in [-0.39, 0.29) is 11.9 Å². The lowest BCUT2D eigenvalue weighted by molar-refractivity contribution is 0.0935. The highest BCUT2D eigenvalue weighted by atomic mass is 35.5. The lowest BCUT2D eigenvalue weighted by atomic mass is 10.0. The summed E-state index contributed by atoms with van der Waals surface area (Å²) in [5.74, 6) is 0.944. The summed E-state index contributed by atoms with van der Waals surface area (Å²) in [6.45, 7) is 2.01. The number of ether oxygens (including phenoxy) is 2. The first-order chi connectivity index (χ1) is 11.1. The van der Waals surface area contributed by atoms with Gasteiger partial charge < -0.3 is 14.8 Å². The largest absolute Gasteiger partial charge is 0.493 e. The zero-order chi connectivity index (χ0) is 16.8. The predicted molar refractivity (Wildman–Crippen MR) is 91.5 cm³/mol. The Kier molecular flexibility index (Phi) is 5.88. The van der Waals surface area contributed by atoms with Gasteiger partial charge in [-0.2, -0.15) is 0 Å². The van der Waals surface area contributed by atoms with Gasteiger partial charge in [-0.3, -0.25) is 4.79 Å². The lowest BCUT2D eigenvalue weighted by Crippen LogP contribution is -2.28. The molecule has 1 N–H and O–H groups in total. The van der Waals surface area contributed by atoms with Gasteiger partial charge in [-0.1, -0.05) is 30.7 Å². The van der Waals surface area contributed by atoms with Crippen LogP contribution in [0.2, 0.25) is 5.02 Å². The van der Waals surface area contributed by atoms with Crippen molar-refractivity contribution in [3.63, 3.8) is 0 Å². The first kappa shape index (κ1) is 17.2. The summed E-state index contributed by atoms with van der Waals surface area (Å²) in [7, 11) is 3.10. The third kappa shape index (κ3) is 4.17. The molecule has 2 aromatic rings. The van der Waals surface area contributed by atoms with Crippen molar-refractivity contribution in [3.05, 3.63) is 58.6 Å². The number of halogens is 1. The molecule has 0 aromatic heterocycles. The fraction of sp³-hybridized carbons (Fsp3) is 0.278.